The van der Waals surface area contributed by atoms with E-state index in [0.29, 0.717) is 6.54 Å². The monoisotopic (exact) mass is 486 g/mol. The third-order valence-corrected chi connectivity index (χ3v) is 7.93. The number of hydrogen-bond acceptors (Lipinski definition) is 7. The molecule has 2 unspecified atom stereocenters. The van der Waals surface area contributed by atoms with Crippen molar-refractivity contribution >= 4 is 12.1 Å². The van der Waals surface area contributed by atoms with Crippen molar-refractivity contribution in [3.63, 3.8) is 0 Å². The molecule has 0 aromatic heterocycles. The van der Waals surface area contributed by atoms with Gasteiger partial charge in [-0.1, -0.05) is 43.2 Å². The number of carbonyl (C=O) groups excluding carboxylic acids is 2. The Bertz CT molecular complexity index is 807. The predicted octanol–water partition coefficient (Wildman–Crippen LogP) is 3.03. The Balaban J connectivity index is 1.11. The number of hydrogen-bond donors (Lipinski definition) is 0. The van der Waals surface area contributed by atoms with Crippen LogP contribution in [0.1, 0.15) is 44.6 Å². The van der Waals surface area contributed by atoms with Gasteiger partial charge in [0.1, 0.15) is 0 Å². The number of unbranched alkanes of at least 4 members (excludes halogenated alkanes) is 1. The molecule has 3 saturated heterocycles. The van der Waals surface area contributed by atoms with Crippen LogP contribution in [0.25, 0.3) is 0 Å². The summed E-state index contributed by atoms with van der Waals surface area (Å²) >= 11 is 0. The Morgan fingerprint density at radius 1 is 1.00 bits per heavy atom. The van der Waals surface area contributed by atoms with E-state index in [9.17, 15) is 9.59 Å². The molecule has 35 heavy (non-hydrogen) atoms. The van der Waals surface area contributed by atoms with E-state index >= 15 is 0 Å². The van der Waals surface area contributed by atoms with Crippen LogP contribution < -0.4 is 0 Å². The number of cyclic esters (lactones) is 1. The summed E-state index contributed by atoms with van der Waals surface area (Å²) in [6.07, 6.45) is 5.62. The Morgan fingerprint density at radius 3 is 2.40 bits per heavy atom. The van der Waals surface area contributed by atoms with Crippen LogP contribution in [-0.2, 0) is 20.8 Å². The van der Waals surface area contributed by atoms with E-state index in [4.69, 9.17) is 9.47 Å². The molecule has 3 heterocycles. The summed E-state index contributed by atoms with van der Waals surface area (Å²) < 4.78 is 10.5. The van der Waals surface area contributed by atoms with Gasteiger partial charge in [-0.25, -0.2) is 4.79 Å². The van der Waals surface area contributed by atoms with E-state index in [1.165, 1.54) is 45.0 Å². The second-order valence-corrected chi connectivity index (χ2v) is 10.3. The molecule has 1 aromatic rings. The summed E-state index contributed by atoms with van der Waals surface area (Å²) in [5.74, 6) is 0.599. The van der Waals surface area contributed by atoms with E-state index < -0.39 is 0 Å². The molecule has 3 aliphatic rings. The lowest BCUT2D eigenvalue weighted by atomic mass is 9.91. The van der Waals surface area contributed by atoms with Gasteiger partial charge in [0.05, 0.1) is 19.7 Å². The number of carbonyl (C=O) groups is 2. The van der Waals surface area contributed by atoms with Crippen LogP contribution >= 0.6 is 0 Å². The van der Waals surface area contributed by atoms with E-state index in [1.54, 1.807) is 0 Å². The van der Waals surface area contributed by atoms with Gasteiger partial charge in [0.2, 0.25) is 0 Å². The Labute approximate surface area is 210 Å². The fourth-order valence-electron chi connectivity index (χ4n) is 5.68. The van der Waals surface area contributed by atoms with Gasteiger partial charge in [0, 0.05) is 39.3 Å². The maximum Gasteiger partial charge on any atom is 0.411 e. The molecular formula is C27H42N4O4. The normalized spacial score (nSPS) is 25.1. The number of rotatable bonds is 10. The van der Waals surface area contributed by atoms with Gasteiger partial charge in [-0.2, -0.15) is 0 Å². The summed E-state index contributed by atoms with van der Waals surface area (Å²) in [5, 5.41) is 0. The second kappa shape index (κ2) is 12.7. The van der Waals surface area contributed by atoms with Gasteiger partial charge >= 0.3 is 12.1 Å². The van der Waals surface area contributed by atoms with Crippen LogP contribution in [0.3, 0.4) is 0 Å². The highest BCUT2D eigenvalue weighted by molar-refractivity contribution is 5.71. The molecule has 2 atom stereocenters. The zero-order chi connectivity index (χ0) is 24.6. The smallest absolute Gasteiger partial charge is 0.411 e. The van der Waals surface area contributed by atoms with E-state index in [0.717, 1.165) is 58.0 Å². The van der Waals surface area contributed by atoms with Crippen LogP contribution in [0, 0.1) is 5.92 Å². The van der Waals surface area contributed by atoms with Crippen molar-refractivity contribution < 1.29 is 19.1 Å². The maximum atomic E-state index is 12.6. The predicted molar refractivity (Wildman–Crippen MR) is 135 cm³/mol. The second-order valence-electron chi connectivity index (χ2n) is 10.3. The average molecular weight is 487 g/mol. The summed E-state index contributed by atoms with van der Waals surface area (Å²) in [7, 11) is 1.42. The Hall–Kier alpha value is -2.16. The summed E-state index contributed by atoms with van der Waals surface area (Å²) in [4.78, 5) is 32.9. The first-order valence-corrected chi connectivity index (χ1v) is 13.3. The zero-order valence-corrected chi connectivity index (χ0v) is 21.4. The lowest BCUT2D eigenvalue weighted by molar-refractivity contribution is -0.142. The molecule has 8 heteroatoms. The lowest BCUT2D eigenvalue weighted by Gasteiger charge is -2.37. The SMILES string of the molecule is COC(=O)CN1CCN(C2OC(=O)N(CCCCC3CCN(Cc4ccccc4)CC3)C2C)CC1. The molecule has 0 aliphatic carbocycles. The van der Waals surface area contributed by atoms with Gasteiger partial charge < -0.3 is 14.4 Å². The summed E-state index contributed by atoms with van der Waals surface area (Å²) in [6.45, 7) is 9.75. The van der Waals surface area contributed by atoms with Crippen molar-refractivity contribution in [1.29, 1.82) is 0 Å². The van der Waals surface area contributed by atoms with Gasteiger partial charge in [0.15, 0.2) is 6.23 Å². The van der Waals surface area contributed by atoms with Crippen LogP contribution in [0.15, 0.2) is 30.3 Å². The molecule has 194 valence electrons. The molecule has 8 nitrogen and oxygen atoms in total. The molecule has 3 aliphatic heterocycles. The lowest BCUT2D eigenvalue weighted by Crippen LogP contribution is -2.54. The van der Waals surface area contributed by atoms with Crippen molar-refractivity contribution in [1.82, 2.24) is 19.6 Å². The van der Waals surface area contributed by atoms with Crippen molar-refractivity contribution in [2.24, 2.45) is 5.92 Å². The molecule has 0 N–H and O–H groups in total. The van der Waals surface area contributed by atoms with Crippen LogP contribution in [0.2, 0.25) is 0 Å². The number of esters is 1. The number of benzene rings is 1. The van der Waals surface area contributed by atoms with Gasteiger partial charge in [-0.15, -0.1) is 0 Å². The van der Waals surface area contributed by atoms with Crippen LogP contribution in [0.4, 0.5) is 4.79 Å². The van der Waals surface area contributed by atoms with Crippen molar-refractivity contribution in [2.45, 2.75) is 57.8 Å². The summed E-state index contributed by atoms with van der Waals surface area (Å²) in [6, 6.07) is 10.8. The van der Waals surface area contributed by atoms with Crippen molar-refractivity contribution in [2.75, 3.05) is 59.5 Å². The number of piperidine rings is 1. The Morgan fingerprint density at radius 2 is 1.71 bits per heavy atom. The van der Waals surface area contributed by atoms with Crippen molar-refractivity contribution in [3.8, 4) is 0 Å². The maximum absolute atomic E-state index is 12.6. The van der Waals surface area contributed by atoms with Gasteiger partial charge in [0.25, 0.3) is 0 Å². The fourth-order valence-corrected chi connectivity index (χ4v) is 5.68. The number of ether oxygens (including phenoxy) is 2. The van der Waals surface area contributed by atoms with Gasteiger partial charge in [-0.3, -0.25) is 19.5 Å². The largest absolute Gasteiger partial charge is 0.468 e. The highest BCUT2D eigenvalue weighted by Crippen LogP contribution is 2.26. The molecule has 3 fully saturated rings. The molecule has 4 rings (SSSR count). The highest BCUT2D eigenvalue weighted by Gasteiger charge is 2.42. The number of methoxy groups -OCH3 is 1. The Kier molecular flexibility index (Phi) is 9.40. The number of nitrogens with zero attached hydrogens (tertiary/aromatic N) is 4. The third-order valence-electron chi connectivity index (χ3n) is 7.93. The fraction of sp³-hybridized carbons (Fsp3) is 0.704. The van der Waals surface area contributed by atoms with Crippen molar-refractivity contribution in [3.05, 3.63) is 35.9 Å². The minimum Gasteiger partial charge on any atom is -0.468 e. The molecule has 1 aromatic carbocycles. The number of amides is 1. The van der Waals surface area contributed by atoms with Crippen LogP contribution in [-0.4, -0.2) is 103 Å². The molecule has 1 amide bonds. The quantitative estimate of drug-likeness (QED) is 0.372. The van der Waals surface area contributed by atoms with E-state index in [1.807, 2.05) is 4.90 Å². The zero-order valence-electron chi connectivity index (χ0n) is 21.4. The molecule has 0 radical (unpaired) electrons. The van der Waals surface area contributed by atoms with Gasteiger partial charge in [-0.05, 0) is 50.8 Å². The molecule has 0 spiro atoms. The number of likely N-dealkylation sites (tertiary alicyclic amines) is 1. The highest BCUT2D eigenvalue weighted by atomic mass is 16.6. The average Bonchev–Trinajstić information content (AvgIpc) is 3.17. The topological polar surface area (TPSA) is 65.6 Å². The summed E-state index contributed by atoms with van der Waals surface area (Å²) in [5.41, 5.74) is 1.40. The third kappa shape index (κ3) is 7.18. The minimum atomic E-state index is -0.206. The first-order chi connectivity index (χ1) is 17.0. The molecular weight excluding hydrogens is 444 g/mol. The van der Waals surface area contributed by atoms with E-state index in [2.05, 4.69) is 52.0 Å². The first-order valence-electron chi connectivity index (χ1n) is 13.3. The molecule has 0 bridgehead atoms. The van der Waals surface area contributed by atoms with Crippen LogP contribution in [0.5, 0.6) is 0 Å². The minimum absolute atomic E-state index is 0.0517. The number of piperazine rings is 1. The van der Waals surface area contributed by atoms with E-state index in [-0.39, 0.29) is 24.3 Å². The standard InChI is InChI=1S/C27H42N4O4/c1-22-26(30-18-16-29(17-19-30)21-25(32)34-2)35-27(33)31(22)13-7-6-8-23-11-14-28(15-12-23)20-24-9-4-3-5-10-24/h3-5,9-10,22-23,26H,6-8,11-21H2,1-2H3. The molecule has 0 saturated carbocycles. The first kappa shape index (κ1) is 25.9.